The topological polar surface area (TPSA) is 79.4 Å². The SMILES string of the molecule is CC(C)N(C)S(=O)(=O)c1ccc(Cl)c(C(=O)NCc2ccccn2)c1. The highest BCUT2D eigenvalue weighted by molar-refractivity contribution is 7.89. The normalized spacial score (nSPS) is 11.8. The Hall–Kier alpha value is -1.96. The summed E-state index contributed by atoms with van der Waals surface area (Å²) in [5, 5.41) is 2.88. The van der Waals surface area contributed by atoms with Crippen LogP contribution in [0.15, 0.2) is 47.5 Å². The number of sulfonamides is 1. The first kappa shape index (κ1) is 19.4. The molecule has 2 rings (SSSR count). The summed E-state index contributed by atoms with van der Waals surface area (Å²) in [6.07, 6.45) is 1.63. The summed E-state index contributed by atoms with van der Waals surface area (Å²) >= 11 is 6.08. The van der Waals surface area contributed by atoms with Crippen LogP contribution in [-0.2, 0) is 16.6 Å². The maximum absolute atomic E-state index is 12.6. The number of amides is 1. The predicted molar refractivity (Wildman–Crippen MR) is 96.9 cm³/mol. The molecule has 1 heterocycles. The predicted octanol–water partition coefficient (Wildman–Crippen LogP) is 2.69. The van der Waals surface area contributed by atoms with Crippen molar-refractivity contribution >= 4 is 27.5 Å². The lowest BCUT2D eigenvalue weighted by atomic mass is 10.2. The van der Waals surface area contributed by atoms with E-state index in [2.05, 4.69) is 10.3 Å². The van der Waals surface area contributed by atoms with Crippen molar-refractivity contribution in [2.24, 2.45) is 0 Å². The molecule has 25 heavy (non-hydrogen) atoms. The highest BCUT2D eigenvalue weighted by Gasteiger charge is 2.25. The third kappa shape index (κ3) is 4.56. The molecule has 0 radical (unpaired) electrons. The van der Waals surface area contributed by atoms with E-state index in [0.717, 1.165) is 0 Å². The number of pyridine rings is 1. The molecule has 8 heteroatoms. The summed E-state index contributed by atoms with van der Waals surface area (Å²) in [6.45, 7) is 3.76. The zero-order chi connectivity index (χ0) is 18.6. The van der Waals surface area contributed by atoms with E-state index in [0.29, 0.717) is 5.69 Å². The van der Waals surface area contributed by atoms with Crippen LogP contribution in [0.4, 0.5) is 0 Å². The van der Waals surface area contributed by atoms with Gasteiger partial charge in [-0.25, -0.2) is 8.42 Å². The van der Waals surface area contributed by atoms with Crippen molar-refractivity contribution < 1.29 is 13.2 Å². The van der Waals surface area contributed by atoms with Crippen LogP contribution in [0.2, 0.25) is 5.02 Å². The van der Waals surface area contributed by atoms with Crippen molar-refractivity contribution in [2.75, 3.05) is 7.05 Å². The van der Waals surface area contributed by atoms with Gasteiger partial charge in [0.25, 0.3) is 5.91 Å². The second-order valence-electron chi connectivity index (χ2n) is 5.76. The maximum atomic E-state index is 12.6. The summed E-state index contributed by atoms with van der Waals surface area (Å²) in [4.78, 5) is 16.5. The molecule has 0 saturated carbocycles. The molecule has 134 valence electrons. The fraction of sp³-hybridized carbons (Fsp3) is 0.294. The molecule has 1 aromatic heterocycles. The molecule has 0 aliphatic rings. The number of rotatable bonds is 6. The molecular weight excluding hydrogens is 362 g/mol. The van der Waals surface area contributed by atoms with E-state index < -0.39 is 15.9 Å². The zero-order valence-electron chi connectivity index (χ0n) is 14.2. The number of nitrogens with one attached hydrogen (secondary N) is 1. The van der Waals surface area contributed by atoms with E-state index in [9.17, 15) is 13.2 Å². The van der Waals surface area contributed by atoms with Gasteiger partial charge in [-0.15, -0.1) is 0 Å². The van der Waals surface area contributed by atoms with E-state index in [-0.39, 0.29) is 28.1 Å². The Balaban J connectivity index is 2.25. The fourth-order valence-electron chi connectivity index (χ4n) is 2.05. The Morgan fingerprint density at radius 2 is 2.00 bits per heavy atom. The minimum Gasteiger partial charge on any atom is -0.346 e. The minimum atomic E-state index is -3.70. The first-order valence-corrected chi connectivity index (χ1v) is 9.51. The molecule has 0 atom stereocenters. The quantitative estimate of drug-likeness (QED) is 0.834. The molecule has 0 aliphatic heterocycles. The van der Waals surface area contributed by atoms with Crippen molar-refractivity contribution in [3.05, 3.63) is 58.9 Å². The van der Waals surface area contributed by atoms with Crippen LogP contribution < -0.4 is 5.32 Å². The maximum Gasteiger partial charge on any atom is 0.253 e. The second kappa shape index (κ2) is 7.95. The molecule has 6 nitrogen and oxygen atoms in total. The number of aromatic nitrogens is 1. The van der Waals surface area contributed by atoms with Crippen molar-refractivity contribution in [1.82, 2.24) is 14.6 Å². The van der Waals surface area contributed by atoms with Gasteiger partial charge in [0.15, 0.2) is 0 Å². The van der Waals surface area contributed by atoms with Crippen LogP contribution >= 0.6 is 11.6 Å². The third-order valence-electron chi connectivity index (χ3n) is 3.74. The van der Waals surface area contributed by atoms with Gasteiger partial charge in [0.1, 0.15) is 0 Å². The Kier molecular flexibility index (Phi) is 6.16. The number of carbonyl (C=O) groups excluding carboxylic acids is 1. The lowest BCUT2D eigenvalue weighted by molar-refractivity contribution is 0.0950. The Labute approximate surface area is 152 Å². The first-order chi connectivity index (χ1) is 11.7. The Morgan fingerprint density at radius 3 is 2.60 bits per heavy atom. The van der Waals surface area contributed by atoms with Crippen LogP contribution in [-0.4, -0.2) is 36.7 Å². The lowest BCUT2D eigenvalue weighted by Gasteiger charge is -2.21. The monoisotopic (exact) mass is 381 g/mol. The molecule has 0 aliphatic carbocycles. The summed E-state index contributed by atoms with van der Waals surface area (Å²) in [5.41, 5.74) is 0.797. The molecule has 1 amide bonds. The summed E-state index contributed by atoms with van der Waals surface area (Å²) < 4.78 is 26.4. The number of benzene rings is 1. The van der Waals surface area contributed by atoms with Gasteiger partial charge in [0.2, 0.25) is 10.0 Å². The average Bonchev–Trinajstić information content (AvgIpc) is 2.60. The average molecular weight is 382 g/mol. The Morgan fingerprint density at radius 1 is 1.28 bits per heavy atom. The van der Waals surface area contributed by atoms with E-state index in [4.69, 9.17) is 11.6 Å². The van der Waals surface area contributed by atoms with Crippen molar-refractivity contribution in [1.29, 1.82) is 0 Å². The molecule has 0 saturated heterocycles. The highest BCUT2D eigenvalue weighted by atomic mass is 35.5. The lowest BCUT2D eigenvalue weighted by Crippen LogP contribution is -2.33. The number of nitrogens with zero attached hydrogens (tertiary/aromatic N) is 2. The van der Waals surface area contributed by atoms with Gasteiger partial charge in [-0.05, 0) is 44.2 Å². The molecule has 1 aromatic carbocycles. The van der Waals surface area contributed by atoms with Gasteiger partial charge in [-0.3, -0.25) is 9.78 Å². The zero-order valence-corrected chi connectivity index (χ0v) is 15.8. The molecule has 0 fully saturated rings. The Bertz CT molecular complexity index is 855. The third-order valence-corrected chi connectivity index (χ3v) is 6.10. The fourth-order valence-corrected chi connectivity index (χ4v) is 3.65. The number of hydrogen-bond donors (Lipinski definition) is 1. The molecule has 0 unspecified atom stereocenters. The minimum absolute atomic E-state index is 0.0242. The van der Waals surface area contributed by atoms with Gasteiger partial charge < -0.3 is 5.32 Å². The molecule has 0 spiro atoms. The van der Waals surface area contributed by atoms with Gasteiger partial charge in [-0.1, -0.05) is 17.7 Å². The van der Waals surface area contributed by atoms with Crippen LogP contribution in [0.25, 0.3) is 0 Å². The first-order valence-electron chi connectivity index (χ1n) is 7.69. The van der Waals surface area contributed by atoms with E-state index in [1.165, 1.54) is 29.6 Å². The standard InChI is InChI=1S/C17H20ClN3O3S/c1-12(2)21(3)25(23,24)14-7-8-16(18)15(10-14)17(22)20-11-13-6-4-5-9-19-13/h4-10,12H,11H2,1-3H3,(H,20,22). The van der Waals surface area contributed by atoms with E-state index >= 15 is 0 Å². The van der Waals surface area contributed by atoms with Crippen LogP contribution in [0.1, 0.15) is 29.9 Å². The van der Waals surface area contributed by atoms with Gasteiger partial charge >= 0.3 is 0 Å². The second-order valence-corrected chi connectivity index (χ2v) is 8.17. The number of halogens is 1. The molecule has 2 aromatic rings. The molecule has 1 N–H and O–H groups in total. The van der Waals surface area contributed by atoms with Crippen LogP contribution in [0.3, 0.4) is 0 Å². The van der Waals surface area contributed by atoms with E-state index in [1.54, 1.807) is 32.2 Å². The van der Waals surface area contributed by atoms with Crippen LogP contribution in [0.5, 0.6) is 0 Å². The highest BCUT2D eigenvalue weighted by Crippen LogP contribution is 2.23. The van der Waals surface area contributed by atoms with Crippen molar-refractivity contribution in [2.45, 2.75) is 31.3 Å². The summed E-state index contributed by atoms with van der Waals surface area (Å²) in [6, 6.07) is 9.27. The van der Waals surface area contributed by atoms with Gasteiger partial charge in [0.05, 0.1) is 27.7 Å². The van der Waals surface area contributed by atoms with Crippen molar-refractivity contribution in [3.63, 3.8) is 0 Å². The largest absolute Gasteiger partial charge is 0.346 e. The number of carbonyl (C=O) groups is 1. The molecule has 0 bridgehead atoms. The smallest absolute Gasteiger partial charge is 0.253 e. The van der Waals surface area contributed by atoms with Crippen molar-refractivity contribution in [3.8, 4) is 0 Å². The number of hydrogen-bond acceptors (Lipinski definition) is 4. The van der Waals surface area contributed by atoms with Crippen LogP contribution in [0, 0.1) is 0 Å². The summed E-state index contributed by atoms with van der Waals surface area (Å²) in [7, 11) is -2.20. The molecular formula is C17H20ClN3O3S. The van der Waals surface area contributed by atoms with Gasteiger partial charge in [-0.2, -0.15) is 4.31 Å². The van der Waals surface area contributed by atoms with E-state index in [1.807, 2.05) is 6.07 Å². The van der Waals surface area contributed by atoms with Gasteiger partial charge in [0, 0.05) is 19.3 Å². The summed E-state index contributed by atoms with van der Waals surface area (Å²) in [5.74, 6) is -0.458.